The first-order valence-electron chi connectivity index (χ1n) is 3.68. The maximum Gasteiger partial charge on any atom is 0.251 e. The van der Waals surface area contributed by atoms with Crippen molar-refractivity contribution in [1.29, 1.82) is 5.26 Å². The lowest BCUT2D eigenvalue weighted by Crippen LogP contribution is -2.15. The number of methoxy groups -OCH3 is 1. The van der Waals surface area contributed by atoms with Gasteiger partial charge in [-0.15, -0.1) is 0 Å². The van der Waals surface area contributed by atoms with E-state index >= 15 is 0 Å². The van der Waals surface area contributed by atoms with Crippen LogP contribution < -0.4 is 10.5 Å². The number of nitriles is 1. The van der Waals surface area contributed by atoms with Crippen LogP contribution in [0, 0.1) is 14.9 Å². The van der Waals surface area contributed by atoms with E-state index in [0.29, 0.717) is 9.32 Å². The molecule has 1 amide bonds. The molecular formula is C9H7IN2O2. The second-order valence-corrected chi connectivity index (χ2v) is 3.64. The van der Waals surface area contributed by atoms with Gasteiger partial charge < -0.3 is 10.5 Å². The molecule has 0 saturated heterocycles. The number of benzene rings is 1. The first kappa shape index (κ1) is 10.8. The molecule has 1 rings (SSSR count). The summed E-state index contributed by atoms with van der Waals surface area (Å²) in [7, 11) is 1.44. The summed E-state index contributed by atoms with van der Waals surface area (Å²) in [5.74, 6) is -0.258. The van der Waals surface area contributed by atoms with Gasteiger partial charge in [-0.2, -0.15) is 5.26 Å². The van der Waals surface area contributed by atoms with Crippen molar-refractivity contribution in [3.8, 4) is 11.8 Å². The van der Waals surface area contributed by atoms with Gasteiger partial charge in [-0.25, -0.2) is 0 Å². The van der Waals surface area contributed by atoms with E-state index in [-0.39, 0.29) is 11.1 Å². The average Bonchev–Trinajstić information content (AvgIpc) is 2.16. The monoisotopic (exact) mass is 302 g/mol. The first-order chi connectivity index (χ1) is 6.61. The van der Waals surface area contributed by atoms with Crippen LogP contribution in [0.1, 0.15) is 15.9 Å². The van der Waals surface area contributed by atoms with Crippen LogP contribution in [0.3, 0.4) is 0 Å². The molecule has 0 aromatic heterocycles. The molecule has 4 nitrogen and oxygen atoms in total. The quantitative estimate of drug-likeness (QED) is 0.836. The zero-order chi connectivity index (χ0) is 10.7. The summed E-state index contributed by atoms with van der Waals surface area (Å²) >= 11 is 1.95. The molecule has 0 aliphatic rings. The Hall–Kier alpha value is -1.29. The predicted octanol–water partition coefficient (Wildman–Crippen LogP) is 1.27. The zero-order valence-corrected chi connectivity index (χ0v) is 9.53. The molecule has 0 aliphatic heterocycles. The maximum absolute atomic E-state index is 11.1. The topological polar surface area (TPSA) is 76.1 Å². The third-order valence-electron chi connectivity index (χ3n) is 1.69. The summed E-state index contributed by atoms with van der Waals surface area (Å²) in [6, 6.07) is 5.22. The van der Waals surface area contributed by atoms with Crippen LogP contribution in [0.2, 0.25) is 0 Å². The Bertz CT molecular complexity index is 424. The van der Waals surface area contributed by atoms with Crippen molar-refractivity contribution in [2.24, 2.45) is 5.73 Å². The molecule has 0 radical (unpaired) electrons. The summed E-state index contributed by atoms with van der Waals surface area (Å²) in [4.78, 5) is 11.1. The Morgan fingerprint density at radius 1 is 1.64 bits per heavy atom. The van der Waals surface area contributed by atoms with Gasteiger partial charge in [0, 0.05) is 3.57 Å². The number of carbonyl (C=O) groups is 1. The van der Waals surface area contributed by atoms with Crippen molar-refractivity contribution >= 4 is 28.5 Å². The minimum atomic E-state index is -0.621. The minimum Gasteiger partial charge on any atom is -0.495 e. The van der Waals surface area contributed by atoms with Crippen LogP contribution >= 0.6 is 22.6 Å². The van der Waals surface area contributed by atoms with E-state index in [1.54, 1.807) is 12.1 Å². The van der Waals surface area contributed by atoms with E-state index in [9.17, 15) is 4.79 Å². The minimum absolute atomic E-state index is 0.187. The van der Waals surface area contributed by atoms with Crippen LogP contribution in [0.4, 0.5) is 0 Å². The van der Waals surface area contributed by atoms with Crippen LogP contribution in [0.15, 0.2) is 12.1 Å². The molecule has 1 aromatic carbocycles. The molecule has 5 heteroatoms. The second kappa shape index (κ2) is 4.28. The number of amides is 1. The largest absolute Gasteiger partial charge is 0.495 e. The summed E-state index contributed by atoms with van der Waals surface area (Å²) in [5.41, 5.74) is 5.57. The van der Waals surface area contributed by atoms with E-state index in [0.717, 1.165) is 0 Å². The lowest BCUT2D eigenvalue weighted by molar-refractivity contribution is 0.0999. The van der Waals surface area contributed by atoms with Gasteiger partial charge in [0.05, 0.1) is 12.7 Å². The number of hydrogen-bond acceptors (Lipinski definition) is 3. The fraction of sp³-hybridized carbons (Fsp3) is 0.111. The normalized spacial score (nSPS) is 9.21. The number of rotatable bonds is 2. The van der Waals surface area contributed by atoms with E-state index in [2.05, 4.69) is 0 Å². The molecule has 0 unspecified atom stereocenters. The Labute approximate surface area is 94.8 Å². The summed E-state index contributed by atoms with van der Waals surface area (Å²) in [6.45, 7) is 0. The van der Waals surface area contributed by atoms with Crippen molar-refractivity contribution < 1.29 is 9.53 Å². The summed E-state index contributed by atoms with van der Waals surface area (Å²) in [5, 5.41) is 8.86. The molecular weight excluding hydrogens is 295 g/mol. The number of halogens is 1. The molecule has 0 fully saturated rings. The Morgan fingerprint density at radius 2 is 2.29 bits per heavy atom. The molecule has 0 spiro atoms. The SMILES string of the molecule is COc1ccc(I)c(C(N)=O)c1C#N. The van der Waals surface area contributed by atoms with Gasteiger partial charge in [0.1, 0.15) is 17.4 Å². The molecule has 1 aromatic rings. The molecule has 0 atom stereocenters. The van der Waals surface area contributed by atoms with Gasteiger partial charge in [0.25, 0.3) is 5.91 Å². The van der Waals surface area contributed by atoms with E-state index < -0.39 is 5.91 Å². The molecule has 14 heavy (non-hydrogen) atoms. The van der Waals surface area contributed by atoms with Crippen LogP contribution in [-0.4, -0.2) is 13.0 Å². The molecule has 0 saturated carbocycles. The van der Waals surface area contributed by atoms with E-state index in [4.69, 9.17) is 15.7 Å². The van der Waals surface area contributed by atoms with Crippen molar-refractivity contribution in [2.75, 3.05) is 7.11 Å². The van der Waals surface area contributed by atoms with Crippen LogP contribution in [0.5, 0.6) is 5.75 Å². The Kier molecular flexibility index (Phi) is 3.30. The molecule has 72 valence electrons. The lowest BCUT2D eigenvalue weighted by atomic mass is 10.1. The number of nitrogens with two attached hydrogens (primary N) is 1. The third-order valence-corrected chi connectivity index (χ3v) is 2.59. The first-order valence-corrected chi connectivity index (χ1v) is 4.76. The average molecular weight is 302 g/mol. The standard InChI is InChI=1S/C9H7IN2O2/c1-14-7-3-2-6(10)8(9(12)13)5(7)4-11/h2-3H,1H3,(H2,12,13). The van der Waals surface area contributed by atoms with Gasteiger partial charge in [0.15, 0.2) is 0 Å². The van der Waals surface area contributed by atoms with Gasteiger partial charge >= 0.3 is 0 Å². The number of ether oxygens (including phenoxy) is 1. The Balaban J connectivity index is 3.53. The van der Waals surface area contributed by atoms with Crippen molar-refractivity contribution in [3.63, 3.8) is 0 Å². The van der Waals surface area contributed by atoms with Crippen molar-refractivity contribution in [2.45, 2.75) is 0 Å². The van der Waals surface area contributed by atoms with Gasteiger partial charge in [-0.05, 0) is 34.7 Å². The molecule has 0 heterocycles. The Morgan fingerprint density at radius 3 is 2.71 bits per heavy atom. The third kappa shape index (κ3) is 1.80. The summed E-state index contributed by atoms with van der Waals surface area (Å²) < 4.78 is 5.59. The molecule has 0 bridgehead atoms. The second-order valence-electron chi connectivity index (χ2n) is 2.48. The van der Waals surface area contributed by atoms with Gasteiger partial charge in [-0.1, -0.05) is 0 Å². The maximum atomic E-state index is 11.1. The smallest absolute Gasteiger partial charge is 0.251 e. The highest BCUT2D eigenvalue weighted by molar-refractivity contribution is 14.1. The zero-order valence-electron chi connectivity index (χ0n) is 7.37. The highest BCUT2D eigenvalue weighted by Crippen LogP contribution is 2.25. The van der Waals surface area contributed by atoms with Crippen LogP contribution in [-0.2, 0) is 0 Å². The number of nitrogens with zero attached hydrogens (tertiary/aromatic N) is 1. The van der Waals surface area contributed by atoms with Crippen molar-refractivity contribution in [1.82, 2.24) is 0 Å². The number of carbonyl (C=O) groups excluding carboxylic acids is 1. The van der Waals surface area contributed by atoms with Gasteiger partial charge in [-0.3, -0.25) is 4.79 Å². The highest BCUT2D eigenvalue weighted by Gasteiger charge is 2.16. The number of primary amides is 1. The molecule has 0 aliphatic carbocycles. The lowest BCUT2D eigenvalue weighted by Gasteiger charge is -2.07. The fourth-order valence-electron chi connectivity index (χ4n) is 1.08. The van der Waals surface area contributed by atoms with Crippen molar-refractivity contribution in [3.05, 3.63) is 26.8 Å². The fourth-order valence-corrected chi connectivity index (χ4v) is 1.80. The van der Waals surface area contributed by atoms with Gasteiger partial charge in [0.2, 0.25) is 0 Å². The highest BCUT2D eigenvalue weighted by atomic mass is 127. The van der Waals surface area contributed by atoms with Crippen LogP contribution in [0.25, 0.3) is 0 Å². The van der Waals surface area contributed by atoms with E-state index in [1.807, 2.05) is 28.7 Å². The van der Waals surface area contributed by atoms with E-state index in [1.165, 1.54) is 7.11 Å². The summed E-state index contributed by atoms with van der Waals surface area (Å²) in [6.07, 6.45) is 0. The predicted molar refractivity (Wildman–Crippen MR) is 58.9 cm³/mol. The number of hydrogen-bond donors (Lipinski definition) is 1. The molecule has 2 N–H and O–H groups in total.